The normalized spacial score (nSPS) is 16.0. The first kappa shape index (κ1) is 15.4. The molecule has 4 nitrogen and oxygen atoms in total. The van der Waals surface area contributed by atoms with Gasteiger partial charge < -0.3 is 9.32 Å². The van der Waals surface area contributed by atoms with E-state index in [2.05, 4.69) is 4.90 Å². The Morgan fingerprint density at radius 2 is 1.91 bits per heavy atom. The number of rotatable bonds is 3. The Morgan fingerprint density at radius 1 is 1.14 bits per heavy atom. The number of halogens is 2. The highest BCUT2D eigenvalue weighted by molar-refractivity contribution is 6.35. The van der Waals surface area contributed by atoms with Crippen LogP contribution in [-0.2, 0) is 6.54 Å². The van der Waals surface area contributed by atoms with Crippen molar-refractivity contribution in [3.63, 3.8) is 0 Å². The molecule has 3 rings (SSSR count). The number of hydrogen-bond donors (Lipinski definition) is 0. The minimum Gasteiger partial charge on any atom is -0.472 e. The molecule has 1 aromatic heterocycles. The number of nitrogens with zero attached hydrogens (tertiary/aromatic N) is 2. The van der Waals surface area contributed by atoms with Crippen molar-refractivity contribution in [1.29, 1.82) is 0 Å². The van der Waals surface area contributed by atoms with Crippen molar-refractivity contribution in [2.45, 2.75) is 6.54 Å². The summed E-state index contributed by atoms with van der Waals surface area (Å²) in [5.41, 5.74) is 1.66. The van der Waals surface area contributed by atoms with Crippen LogP contribution in [0.5, 0.6) is 0 Å². The maximum atomic E-state index is 12.2. The monoisotopic (exact) mass is 338 g/mol. The van der Waals surface area contributed by atoms with E-state index in [-0.39, 0.29) is 5.91 Å². The second-order valence-corrected chi connectivity index (χ2v) is 6.16. The molecule has 1 aliphatic heterocycles. The van der Waals surface area contributed by atoms with Gasteiger partial charge in [0.15, 0.2) is 0 Å². The highest BCUT2D eigenvalue weighted by atomic mass is 35.5. The van der Waals surface area contributed by atoms with E-state index in [1.54, 1.807) is 12.1 Å². The van der Waals surface area contributed by atoms with Gasteiger partial charge in [-0.05, 0) is 23.8 Å². The number of carbonyl (C=O) groups is 1. The summed E-state index contributed by atoms with van der Waals surface area (Å²) in [6, 6.07) is 7.26. The average Bonchev–Trinajstić information content (AvgIpc) is 3.04. The van der Waals surface area contributed by atoms with Gasteiger partial charge in [0.2, 0.25) is 0 Å². The molecule has 1 saturated heterocycles. The topological polar surface area (TPSA) is 36.7 Å². The third kappa shape index (κ3) is 3.46. The molecule has 2 aromatic rings. The van der Waals surface area contributed by atoms with E-state index in [9.17, 15) is 4.79 Å². The zero-order chi connectivity index (χ0) is 15.5. The van der Waals surface area contributed by atoms with E-state index >= 15 is 0 Å². The van der Waals surface area contributed by atoms with Gasteiger partial charge in [-0.3, -0.25) is 9.69 Å². The van der Waals surface area contributed by atoms with Gasteiger partial charge in [0.1, 0.15) is 6.26 Å². The number of amides is 1. The maximum absolute atomic E-state index is 12.2. The Labute approximate surface area is 139 Å². The SMILES string of the molecule is O=C(c1ccoc1)N1CCN(Cc2ccc(Cl)cc2Cl)CC1. The molecule has 0 saturated carbocycles. The quantitative estimate of drug-likeness (QED) is 0.858. The van der Waals surface area contributed by atoms with Crippen molar-refractivity contribution in [2.24, 2.45) is 0 Å². The Kier molecular flexibility index (Phi) is 4.71. The van der Waals surface area contributed by atoms with Crippen LogP contribution in [0, 0.1) is 0 Å². The lowest BCUT2D eigenvalue weighted by Gasteiger charge is -2.34. The minimum absolute atomic E-state index is 0.0259. The molecule has 0 radical (unpaired) electrons. The van der Waals surface area contributed by atoms with Gasteiger partial charge in [0.25, 0.3) is 5.91 Å². The van der Waals surface area contributed by atoms with Gasteiger partial charge in [-0.15, -0.1) is 0 Å². The van der Waals surface area contributed by atoms with Crippen LogP contribution in [0.15, 0.2) is 41.2 Å². The van der Waals surface area contributed by atoms with E-state index in [0.717, 1.165) is 25.2 Å². The van der Waals surface area contributed by atoms with Gasteiger partial charge >= 0.3 is 0 Å². The highest BCUT2D eigenvalue weighted by Crippen LogP contribution is 2.22. The molecule has 116 valence electrons. The molecule has 0 spiro atoms. The van der Waals surface area contributed by atoms with Crippen molar-refractivity contribution in [3.05, 3.63) is 58.0 Å². The standard InChI is InChI=1S/C16H16Cl2N2O2/c17-14-2-1-12(15(18)9-14)10-19-4-6-20(7-5-19)16(21)13-3-8-22-11-13/h1-3,8-9,11H,4-7,10H2. The zero-order valence-corrected chi connectivity index (χ0v) is 13.5. The molecule has 0 atom stereocenters. The third-order valence-corrected chi connectivity index (χ3v) is 4.42. The van der Waals surface area contributed by atoms with Crippen molar-refractivity contribution in [3.8, 4) is 0 Å². The fourth-order valence-electron chi connectivity index (χ4n) is 2.57. The Balaban J connectivity index is 1.56. The third-order valence-electron chi connectivity index (χ3n) is 3.84. The van der Waals surface area contributed by atoms with Crippen LogP contribution in [-0.4, -0.2) is 41.9 Å². The van der Waals surface area contributed by atoms with Crippen LogP contribution >= 0.6 is 23.2 Å². The van der Waals surface area contributed by atoms with Gasteiger partial charge in [0, 0.05) is 42.8 Å². The summed E-state index contributed by atoms with van der Waals surface area (Å²) in [5, 5.41) is 1.33. The molecule has 0 N–H and O–H groups in total. The van der Waals surface area contributed by atoms with Crippen LogP contribution < -0.4 is 0 Å². The molecule has 6 heteroatoms. The van der Waals surface area contributed by atoms with E-state index in [0.29, 0.717) is 28.7 Å². The van der Waals surface area contributed by atoms with Gasteiger partial charge in [-0.1, -0.05) is 29.3 Å². The summed E-state index contributed by atoms with van der Waals surface area (Å²) in [4.78, 5) is 16.4. The Morgan fingerprint density at radius 3 is 2.55 bits per heavy atom. The molecule has 1 aliphatic rings. The summed E-state index contributed by atoms with van der Waals surface area (Å²) in [7, 11) is 0. The molecular formula is C16H16Cl2N2O2. The number of carbonyl (C=O) groups excluding carboxylic acids is 1. The average molecular weight is 339 g/mol. The van der Waals surface area contributed by atoms with Gasteiger partial charge in [-0.2, -0.15) is 0 Å². The van der Waals surface area contributed by atoms with E-state index < -0.39 is 0 Å². The Hall–Kier alpha value is -1.49. The second-order valence-electron chi connectivity index (χ2n) is 5.32. The van der Waals surface area contributed by atoms with Crippen LogP contribution in [0.2, 0.25) is 10.0 Å². The lowest BCUT2D eigenvalue weighted by atomic mass is 10.2. The van der Waals surface area contributed by atoms with Crippen LogP contribution in [0.4, 0.5) is 0 Å². The Bertz CT molecular complexity index is 650. The van der Waals surface area contributed by atoms with Gasteiger partial charge in [0.05, 0.1) is 11.8 Å². The summed E-state index contributed by atoms with van der Waals surface area (Å²) < 4.78 is 4.97. The minimum atomic E-state index is 0.0259. The smallest absolute Gasteiger partial charge is 0.257 e. The first-order valence-electron chi connectivity index (χ1n) is 7.11. The van der Waals surface area contributed by atoms with Gasteiger partial charge in [-0.25, -0.2) is 0 Å². The summed E-state index contributed by atoms with van der Waals surface area (Å²) >= 11 is 12.1. The molecule has 0 aliphatic carbocycles. The lowest BCUT2D eigenvalue weighted by molar-refractivity contribution is 0.0628. The fraction of sp³-hybridized carbons (Fsp3) is 0.312. The fourth-order valence-corrected chi connectivity index (χ4v) is 3.04. The van der Waals surface area contributed by atoms with E-state index in [1.165, 1.54) is 12.5 Å². The van der Waals surface area contributed by atoms with Crippen molar-refractivity contribution in [1.82, 2.24) is 9.80 Å². The molecule has 0 bridgehead atoms. The number of benzene rings is 1. The highest BCUT2D eigenvalue weighted by Gasteiger charge is 2.23. The number of piperazine rings is 1. The first-order chi connectivity index (χ1) is 10.6. The number of furan rings is 1. The summed E-state index contributed by atoms with van der Waals surface area (Å²) in [6.07, 6.45) is 3.01. The van der Waals surface area contributed by atoms with Crippen LogP contribution in [0.3, 0.4) is 0 Å². The molecule has 0 unspecified atom stereocenters. The van der Waals surface area contributed by atoms with Crippen molar-refractivity contribution >= 4 is 29.1 Å². The molecular weight excluding hydrogens is 323 g/mol. The predicted octanol–water partition coefficient (Wildman–Crippen LogP) is 3.54. The summed E-state index contributed by atoms with van der Waals surface area (Å²) in [5.74, 6) is 0.0259. The predicted molar refractivity (Wildman–Crippen MR) is 86.4 cm³/mol. The van der Waals surface area contributed by atoms with Crippen LogP contribution in [0.1, 0.15) is 15.9 Å². The maximum Gasteiger partial charge on any atom is 0.257 e. The van der Waals surface area contributed by atoms with Crippen molar-refractivity contribution < 1.29 is 9.21 Å². The zero-order valence-electron chi connectivity index (χ0n) is 12.0. The molecule has 1 fully saturated rings. The first-order valence-corrected chi connectivity index (χ1v) is 7.87. The van der Waals surface area contributed by atoms with Crippen LogP contribution in [0.25, 0.3) is 0 Å². The van der Waals surface area contributed by atoms with E-state index in [1.807, 2.05) is 17.0 Å². The second kappa shape index (κ2) is 6.73. The molecule has 2 heterocycles. The van der Waals surface area contributed by atoms with E-state index in [4.69, 9.17) is 27.6 Å². The molecule has 22 heavy (non-hydrogen) atoms. The molecule has 1 aromatic carbocycles. The summed E-state index contributed by atoms with van der Waals surface area (Å²) in [6.45, 7) is 3.82. The largest absolute Gasteiger partial charge is 0.472 e. The lowest BCUT2D eigenvalue weighted by Crippen LogP contribution is -2.48. The molecule has 1 amide bonds. The van der Waals surface area contributed by atoms with Crippen molar-refractivity contribution in [2.75, 3.05) is 26.2 Å². The number of hydrogen-bond acceptors (Lipinski definition) is 3.